The number of aryl methyl sites for hydroxylation is 1. The van der Waals surface area contributed by atoms with E-state index in [0.29, 0.717) is 17.2 Å². The summed E-state index contributed by atoms with van der Waals surface area (Å²) >= 11 is 6.09. The van der Waals surface area contributed by atoms with E-state index < -0.39 is 15.9 Å². The van der Waals surface area contributed by atoms with Crippen molar-refractivity contribution in [1.82, 2.24) is 10.1 Å². The van der Waals surface area contributed by atoms with E-state index in [1.807, 2.05) is 37.3 Å². The summed E-state index contributed by atoms with van der Waals surface area (Å²) in [5, 5.41) is 4.52. The minimum absolute atomic E-state index is 0.0536. The molecule has 2 aromatic carbocycles. The lowest BCUT2D eigenvalue weighted by Crippen LogP contribution is -2.40. The Bertz CT molecular complexity index is 1170. The second-order valence-electron chi connectivity index (χ2n) is 7.56. The molecular formula is C22H21ClN2O4S. The van der Waals surface area contributed by atoms with Crippen molar-refractivity contribution in [2.75, 3.05) is 11.5 Å². The van der Waals surface area contributed by atoms with Gasteiger partial charge in [-0.1, -0.05) is 58.7 Å². The quantitative estimate of drug-likeness (QED) is 0.591. The van der Waals surface area contributed by atoms with Gasteiger partial charge in [0.1, 0.15) is 0 Å². The fourth-order valence-electron chi connectivity index (χ4n) is 3.60. The zero-order valence-electron chi connectivity index (χ0n) is 16.4. The molecule has 2 heterocycles. The van der Waals surface area contributed by atoms with Gasteiger partial charge in [0.05, 0.1) is 11.5 Å². The topological polar surface area (TPSA) is 80.5 Å². The number of carbonyl (C=O) groups excluding carboxylic acids is 1. The van der Waals surface area contributed by atoms with Gasteiger partial charge in [-0.05, 0) is 31.0 Å². The molecule has 6 nitrogen and oxygen atoms in total. The van der Waals surface area contributed by atoms with Crippen LogP contribution in [0.4, 0.5) is 0 Å². The lowest BCUT2D eigenvalue weighted by Gasteiger charge is -2.27. The lowest BCUT2D eigenvalue weighted by molar-refractivity contribution is 0.0670. The Morgan fingerprint density at radius 2 is 1.97 bits per heavy atom. The van der Waals surface area contributed by atoms with Crippen LogP contribution in [0.2, 0.25) is 5.02 Å². The maximum absolute atomic E-state index is 13.3. The van der Waals surface area contributed by atoms with E-state index in [2.05, 4.69) is 5.16 Å². The molecule has 1 aromatic heterocycles. The number of aromatic nitrogens is 1. The molecule has 1 aliphatic rings. The van der Waals surface area contributed by atoms with E-state index in [4.69, 9.17) is 16.1 Å². The van der Waals surface area contributed by atoms with Crippen molar-refractivity contribution in [2.45, 2.75) is 25.9 Å². The molecule has 0 aliphatic carbocycles. The van der Waals surface area contributed by atoms with Gasteiger partial charge in [0.2, 0.25) is 0 Å². The van der Waals surface area contributed by atoms with Gasteiger partial charge in [-0.2, -0.15) is 0 Å². The molecule has 0 saturated carbocycles. The Hall–Kier alpha value is -2.64. The molecule has 3 aromatic rings. The number of nitrogens with zero attached hydrogens (tertiary/aromatic N) is 2. The summed E-state index contributed by atoms with van der Waals surface area (Å²) in [6, 6.07) is 16.1. The molecule has 1 unspecified atom stereocenters. The van der Waals surface area contributed by atoms with E-state index >= 15 is 0 Å². The van der Waals surface area contributed by atoms with Crippen LogP contribution in [0.25, 0.3) is 11.3 Å². The second kappa shape index (κ2) is 8.24. The highest BCUT2D eigenvalue weighted by Crippen LogP contribution is 2.26. The zero-order valence-corrected chi connectivity index (χ0v) is 18.0. The van der Waals surface area contributed by atoms with Gasteiger partial charge in [0.15, 0.2) is 21.3 Å². The van der Waals surface area contributed by atoms with E-state index in [1.165, 1.54) is 0 Å². The summed E-state index contributed by atoms with van der Waals surface area (Å²) in [7, 11) is -3.16. The van der Waals surface area contributed by atoms with Gasteiger partial charge in [-0.25, -0.2) is 8.42 Å². The van der Waals surface area contributed by atoms with Crippen LogP contribution in [0.5, 0.6) is 0 Å². The molecule has 0 N–H and O–H groups in total. The first kappa shape index (κ1) is 20.6. The van der Waals surface area contributed by atoms with Crippen LogP contribution in [-0.2, 0) is 16.4 Å². The molecule has 0 bridgehead atoms. The summed E-state index contributed by atoms with van der Waals surface area (Å²) in [5.74, 6) is 0.145. The monoisotopic (exact) mass is 444 g/mol. The molecule has 8 heteroatoms. The average Bonchev–Trinajstić information content (AvgIpc) is 3.33. The first-order valence-corrected chi connectivity index (χ1v) is 11.8. The van der Waals surface area contributed by atoms with Crippen LogP contribution in [0, 0.1) is 6.92 Å². The fourth-order valence-corrected chi connectivity index (χ4v) is 5.54. The van der Waals surface area contributed by atoms with Gasteiger partial charge in [-0.3, -0.25) is 4.79 Å². The first-order valence-electron chi connectivity index (χ1n) is 9.60. The standard InChI is InChI=1S/C22H21ClN2O4S/c1-15-5-7-17(8-6-15)21-12-20(24-29-21)22(26)25(19-9-10-30(27,28)14-19)13-16-3-2-4-18(23)11-16/h2-8,11-12,19H,9-10,13-14H2,1H3. The predicted octanol–water partition coefficient (Wildman–Crippen LogP) is 4.13. The van der Waals surface area contributed by atoms with Crippen molar-refractivity contribution in [2.24, 2.45) is 0 Å². The van der Waals surface area contributed by atoms with Crippen molar-refractivity contribution in [3.63, 3.8) is 0 Å². The Labute approximate surface area is 180 Å². The van der Waals surface area contributed by atoms with E-state index in [0.717, 1.165) is 16.7 Å². The van der Waals surface area contributed by atoms with Crippen LogP contribution in [0.1, 0.15) is 28.0 Å². The highest BCUT2D eigenvalue weighted by molar-refractivity contribution is 7.91. The fraction of sp³-hybridized carbons (Fsp3) is 0.273. The summed E-state index contributed by atoms with van der Waals surface area (Å²) in [6.45, 7) is 2.23. The molecule has 1 saturated heterocycles. The minimum atomic E-state index is -3.16. The van der Waals surface area contributed by atoms with Gasteiger partial charge in [0, 0.05) is 29.2 Å². The summed E-state index contributed by atoms with van der Waals surface area (Å²) in [4.78, 5) is 14.9. The Kier molecular flexibility index (Phi) is 5.66. The molecule has 1 atom stereocenters. The van der Waals surface area contributed by atoms with Crippen molar-refractivity contribution in [3.8, 4) is 11.3 Å². The molecule has 1 amide bonds. The first-order chi connectivity index (χ1) is 14.3. The number of benzene rings is 2. The average molecular weight is 445 g/mol. The zero-order chi connectivity index (χ0) is 21.3. The van der Waals surface area contributed by atoms with Gasteiger partial charge in [0.25, 0.3) is 5.91 Å². The third-order valence-corrected chi connectivity index (χ3v) is 7.20. The molecule has 1 fully saturated rings. The highest BCUT2D eigenvalue weighted by atomic mass is 35.5. The Morgan fingerprint density at radius 1 is 1.20 bits per heavy atom. The van der Waals surface area contributed by atoms with Crippen molar-refractivity contribution >= 4 is 27.3 Å². The van der Waals surface area contributed by atoms with E-state index in [-0.39, 0.29) is 29.7 Å². The van der Waals surface area contributed by atoms with E-state index in [9.17, 15) is 13.2 Å². The van der Waals surface area contributed by atoms with Gasteiger partial charge in [-0.15, -0.1) is 0 Å². The van der Waals surface area contributed by atoms with Gasteiger partial charge >= 0.3 is 0 Å². The predicted molar refractivity (Wildman–Crippen MR) is 115 cm³/mol. The van der Waals surface area contributed by atoms with Crippen molar-refractivity contribution in [3.05, 3.63) is 76.4 Å². The molecule has 0 radical (unpaired) electrons. The molecule has 0 spiro atoms. The molecule has 4 rings (SSSR count). The molecule has 156 valence electrons. The van der Waals surface area contributed by atoms with Crippen LogP contribution in [-0.4, -0.2) is 41.9 Å². The number of amides is 1. The number of halogens is 1. The van der Waals surface area contributed by atoms with Crippen molar-refractivity contribution in [1.29, 1.82) is 0 Å². The number of carbonyl (C=O) groups is 1. The van der Waals surface area contributed by atoms with E-state index in [1.54, 1.807) is 29.2 Å². The van der Waals surface area contributed by atoms with Crippen LogP contribution >= 0.6 is 11.6 Å². The number of hydrogen-bond donors (Lipinski definition) is 0. The summed E-state index contributed by atoms with van der Waals surface area (Å²) < 4.78 is 29.5. The number of sulfone groups is 1. The number of hydrogen-bond acceptors (Lipinski definition) is 5. The van der Waals surface area contributed by atoms with Crippen LogP contribution in [0.3, 0.4) is 0 Å². The van der Waals surface area contributed by atoms with Crippen LogP contribution < -0.4 is 0 Å². The Balaban J connectivity index is 1.63. The smallest absolute Gasteiger partial charge is 0.276 e. The van der Waals surface area contributed by atoms with Gasteiger partial charge < -0.3 is 9.42 Å². The maximum Gasteiger partial charge on any atom is 0.276 e. The largest absolute Gasteiger partial charge is 0.355 e. The third kappa shape index (κ3) is 4.57. The molecule has 30 heavy (non-hydrogen) atoms. The molecular weight excluding hydrogens is 424 g/mol. The summed E-state index contributed by atoms with van der Waals surface area (Å²) in [5.41, 5.74) is 2.90. The number of rotatable bonds is 5. The minimum Gasteiger partial charge on any atom is -0.355 e. The third-order valence-electron chi connectivity index (χ3n) is 5.22. The molecule has 1 aliphatic heterocycles. The second-order valence-corrected chi connectivity index (χ2v) is 10.2. The normalized spacial score (nSPS) is 17.7. The maximum atomic E-state index is 13.3. The highest BCUT2D eigenvalue weighted by Gasteiger charge is 2.36. The summed E-state index contributed by atoms with van der Waals surface area (Å²) in [6.07, 6.45) is 0.400. The van der Waals surface area contributed by atoms with Crippen LogP contribution in [0.15, 0.2) is 59.1 Å². The lowest BCUT2D eigenvalue weighted by atomic mass is 10.1. The Morgan fingerprint density at radius 3 is 2.63 bits per heavy atom. The SMILES string of the molecule is Cc1ccc(-c2cc(C(=O)N(Cc3cccc(Cl)c3)C3CCS(=O)(=O)C3)no2)cc1. The van der Waals surface area contributed by atoms with Crippen molar-refractivity contribution < 1.29 is 17.7 Å².